The lowest BCUT2D eigenvalue weighted by Crippen LogP contribution is -2.54. The molecule has 1 aliphatic heterocycles. The Kier molecular flexibility index (Phi) is 9.25. The van der Waals surface area contributed by atoms with Gasteiger partial charge >= 0.3 is 7.60 Å². The molecule has 1 aromatic carbocycles. The second-order valence-electron chi connectivity index (χ2n) is 9.37. The summed E-state index contributed by atoms with van der Waals surface area (Å²) in [6, 6.07) is 2.34. The Balaban J connectivity index is 1.83. The number of halogens is 2. The minimum atomic E-state index is -3.32. The van der Waals surface area contributed by atoms with Gasteiger partial charge in [-0.15, -0.1) is 0 Å². The molecule has 1 atom stereocenters. The Hall–Kier alpha value is -2.92. The van der Waals surface area contributed by atoms with Crippen LogP contribution in [0.15, 0.2) is 29.2 Å². The molecule has 3 N–H and O–H groups in total. The normalized spacial score (nSPS) is 16.8. The van der Waals surface area contributed by atoms with Crippen molar-refractivity contribution in [3.8, 4) is 5.75 Å². The summed E-state index contributed by atoms with van der Waals surface area (Å²) in [7, 11) is -3.32. The van der Waals surface area contributed by atoms with E-state index >= 15 is 0 Å². The molecule has 13 heteroatoms. The molecule has 1 unspecified atom stereocenters. The van der Waals surface area contributed by atoms with Gasteiger partial charge in [-0.05, 0) is 19.9 Å². The van der Waals surface area contributed by atoms with Crippen LogP contribution >= 0.6 is 7.60 Å². The maximum absolute atomic E-state index is 13.9. The number of benzene rings is 1. The number of aromatic nitrogens is 1. The van der Waals surface area contributed by atoms with Gasteiger partial charge in [-0.1, -0.05) is 19.9 Å². The SMILES string of the molecule is CCOP(=O)(CCNC1Cn2cc(C(=O)NCc3ccc(F)cc3F)c(=O)c(O)c2C(=O)C1(C)C)OCC. The van der Waals surface area contributed by atoms with Gasteiger partial charge in [0.2, 0.25) is 5.43 Å². The van der Waals surface area contributed by atoms with Crippen molar-refractivity contribution < 1.29 is 37.1 Å². The van der Waals surface area contributed by atoms with Gasteiger partial charge in [-0.2, -0.15) is 0 Å². The lowest BCUT2D eigenvalue weighted by atomic mass is 9.75. The number of fused-ring (bicyclic) bond motifs is 1. The fourth-order valence-electron chi connectivity index (χ4n) is 4.27. The van der Waals surface area contributed by atoms with E-state index in [0.717, 1.165) is 12.1 Å². The summed E-state index contributed by atoms with van der Waals surface area (Å²) < 4.78 is 51.7. The van der Waals surface area contributed by atoms with Gasteiger partial charge in [0, 0.05) is 48.9 Å². The van der Waals surface area contributed by atoms with Crippen LogP contribution in [0.3, 0.4) is 0 Å². The quantitative estimate of drug-likeness (QED) is 0.360. The number of nitrogens with zero attached hydrogens (tertiary/aromatic N) is 1. The minimum Gasteiger partial charge on any atom is -0.503 e. The van der Waals surface area contributed by atoms with Crippen LogP contribution in [0.1, 0.15) is 54.1 Å². The molecule has 3 rings (SSSR count). The molecule has 0 saturated heterocycles. The highest BCUT2D eigenvalue weighted by Gasteiger charge is 2.44. The zero-order valence-corrected chi connectivity index (χ0v) is 22.6. The number of aromatic hydroxyl groups is 1. The van der Waals surface area contributed by atoms with E-state index in [1.54, 1.807) is 27.7 Å². The van der Waals surface area contributed by atoms with E-state index in [2.05, 4.69) is 10.6 Å². The molecule has 1 amide bonds. The van der Waals surface area contributed by atoms with Crippen LogP contribution in [0.2, 0.25) is 0 Å². The lowest BCUT2D eigenvalue weighted by Gasteiger charge is -2.40. The van der Waals surface area contributed by atoms with Crippen LogP contribution in [0.4, 0.5) is 8.78 Å². The topological polar surface area (TPSA) is 136 Å². The van der Waals surface area contributed by atoms with Gasteiger partial charge in [0.25, 0.3) is 5.91 Å². The predicted octanol–water partition coefficient (Wildman–Crippen LogP) is 3.21. The van der Waals surface area contributed by atoms with Gasteiger partial charge in [-0.25, -0.2) is 8.78 Å². The Labute approximate surface area is 218 Å². The van der Waals surface area contributed by atoms with E-state index in [1.807, 2.05) is 0 Å². The van der Waals surface area contributed by atoms with Crippen molar-refractivity contribution in [3.63, 3.8) is 0 Å². The number of nitrogens with one attached hydrogen (secondary N) is 2. The molecule has 1 aliphatic rings. The second kappa shape index (κ2) is 11.9. The van der Waals surface area contributed by atoms with E-state index in [0.29, 0.717) is 6.07 Å². The van der Waals surface area contributed by atoms with Crippen LogP contribution < -0.4 is 16.1 Å². The average molecular weight is 556 g/mol. The molecule has 1 aromatic heterocycles. The van der Waals surface area contributed by atoms with Crippen molar-refractivity contribution in [2.75, 3.05) is 25.9 Å². The summed E-state index contributed by atoms with van der Waals surface area (Å²) in [4.78, 5) is 38.8. The zero-order valence-electron chi connectivity index (χ0n) is 21.7. The van der Waals surface area contributed by atoms with E-state index < -0.39 is 59.1 Å². The first-order valence-electron chi connectivity index (χ1n) is 12.2. The molecule has 0 fully saturated rings. The standard InChI is InChI=1S/C25H32F2N3O7P/c1-5-36-38(35,37-6-2)10-9-28-19-14-30-13-17(21(31)22(32)20(30)23(33)25(19,3)4)24(34)29-12-15-7-8-16(26)11-18(15)27/h7-8,11,13,19,28,32H,5-6,9-10,12,14H2,1-4H3,(H,29,34). The zero-order chi connectivity index (χ0) is 28.3. The number of ketones is 1. The maximum atomic E-state index is 13.9. The number of rotatable bonds is 11. The number of amides is 1. The van der Waals surface area contributed by atoms with Gasteiger partial charge in [0.15, 0.2) is 11.5 Å². The van der Waals surface area contributed by atoms with Crippen molar-refractivity contribution in [1.82, 2.24) is 15.2 Å². The lowest BCUT2D eigenvalue weighted by molar-refractivity contribution is 0.0699. The van der Waals surface area contributed by atoms with E-state index in [-0.39, 0.29) is 50.3 Å². The fourth-order valence-corrected chi connectivity index (χ4v) is 5.80. The molecule has 0 saturated carbocycles. The summed E-state index contributed by atoms with van der Waals surface area (Å²) in [6.07, 6.45) is 1.23. The Bertz CT molecular complexity index is 1320. The molecular formula is C25H32F2N3O7P. The monoisotopic (exact) mass is 555 g/mol. The average Bonchev–Trinajstić information content (AvgIpc) is 2.84. The first kappa shape index (κ1) is 29.6. The first-order chi connectivity index (χ1) is 17.8. The highest BCUT2D eigenvalue weighted by molar-refractivity contribution is 7.53. The van der Waals surface area contributed by atoms with Crippen molar-refractivity contribution in [2.24, 2.45) is 5.41 Å². The number of hydrogen-bond acceptors (Lipinski definition) is 8. The molecule has 208 valence electrons. The van der Waals surface area contributed by atoms with E-state index in [4.69, 9.17) is 9.05 Å². The van der Waals surface area contributed by atoms with E-state index in [9.17, 15) is 32.8 Å². The van der Waals surface area contributed by atoms with Gasteiger partial charge in [0.1, 0.15) is 22.9 Å². The Morgan fingerprint density at radius 1 is 1.21 bits per heavy atom. The van der Waals surface area contributed by atoms with Crippen molar-refractivity contribution in [1.29, 1.82) is 0 Å². The maximum Gasteiger partial charge on any atom is 0.331 e. The fraction of sp³-hybridized carbons (Fsp3) is 0.480. The van der Waals surface area contributed by atoms with Crippen LogP contribution in [-0.4, -0.2) is 53.3 Å². The van der Waals surface area contributed by atoms with Crippen LogP contribution in [0.5, 0.6) is 5.75 Å². The van der Waals surface area contributed by atoms with Crippen molar-refractivity contribution in [3.05, 3.63) is 63.1 Å². The van der Waals surface area contributed by atoms with Gasteiger partial charge in [0.05, 0.1) is 19.4 Å². The number of pyridine rings is 1. The predicted molar refractivity (Wildman–Crippen MR) is 136 cm³/mol. The first-order valence-corrected chi connectivity index (χ1v) is 13.9. The number of carbonyl (C=O) groups excluding carboxylic acids is 2. The third-order valence-corrected chi connectivity index (χ3v) is 8.51. The Morgan fingerprint density at radius 3 is 2.47 bits per heavy atom. The van der Waals surface area contributed by atoms with Gasteiger partial charge < -0.3 is 29.4 Å². The van der Waals surface area contributed by atoms with Gasteiger partial charge in [-0.3, -0.25) is 18.9 Å². The molecule has 2 heterocycles. The Morgan fingerprint density at radius 2 is 1.87 bits per heavy atom. The molecule has 38 heavy (non-hydrogen) atoms. The summed E-state index contributed by atoms with van der Waals surface area (Å²) in [6.45, 7) is 7.10. The minimum absolute atomic E-state index is 0.000352. The highest BCUT2D eigenvalue weighted by Crippen LogP contribution is 2.47. The summed E-state index contributed by atoms with van der Waals surface area (Å²) in [5.41, 5.74) is -2.78. The smallest absolute Gasteiger partial charge is 0.331 e. The molecule has 0 spiro atoms. The summed E-state index contributed by atoms with van der Waals surface area (Å²) in [5, 5.41) is 16.2. The molecular weight excluding hydrogens is 523 g/mol. The van der Waals surface area contributed by atoms with Crippen LogP contribution in [0.25, 0.3) is 0 Å². The van der Waals surface area contributed by atoms with Crippen molar-refractivity contribution >= 4 is 19.3 Å². The third kappa shape index (κ3) is 6.20. The largest absolute Gasteiger partial charge is 0.503 e. The number of Topliss-reactive ketones (excluding diaryl/α,β-unsaturated/α-hetero) is 1. The van der Waals surface area contributed by atoms with Crippen molar-refractivity contribution in [2.45, 2.75) is 46.8 Å². The second-order valence-corrected chi connectivity index (χ2v) is 11.6. The van der Waals surface area contributed by atoms with E-state index in [1.165, 1.54) is 10.8 Å². The molecule has 0 aliphatic carbocycles. The highest BCUT2D eigenvalue weighted by atomic mass is 31.2. The van der Waals surface area contributed by atoms with Crippen LogP contribution in [-0.2, 0) is 26.7 Å². The number of carbonyl (C=O) groups is 2. The number of hydrogen-bond donors (Lipinski definition) is 3. The summed E-state index contributed by atoms with van der Waals surface area (Å²) in [5.74, 6) is -3.92. The molecule has 0 bridgehead atoms. The molecule has 2 aromatic rings. The molecule has 0 radical (unpaired) electrons. The summed E-state index contributed by atoms with van der Waals surface area (Å²) >= 11 is 0. The molecule has 10 nitrogen and oxygen atoms in total. The third-order valence-electron chi connectivity index (χ3n) is 6.43. The van der Waals surface area contributed by atoms with Crippen LogP contribution in [0, 0.1) is 17.0 Å².